The monoisotopic (exact) mass is 173 g/mol. The Bertz CT molecular complexity index is 127. The maximum atomic E-state index is 9.45. The quantitative estimate of drug-likeness (QED) is 0.491. The van der Waals surface area contributed by atoms with Crippen LogP contribution < -0.4 is 11.1 Å². The Hall–Kier alpha value is -0.160. The first-order valence-corrected chi connectivity index (χ1v) is 4.58. The van der Waals surface area contributed by atoms with Gasteiger partial charge in [0.15, 0.2) is 0 Å². The van der Waals surface area contributed by atoms with Gasteiger partial charge in [0.2, 0.25) is 0 Å². The lowest BCUT2D eigenvalue weighted by molar-refractivity contribution is 0.0472. The van der Waals surface area contributed by atoms with E-state index < -0.39 is 0 Å². The predicted molar refractivity (Wildman–Crippen MR) is 49.0 cm³/mol. The van der Waals surface area contributed by atoms with Crippen molar-refractivity contribution >= 4 is 0 Å². The summed E-state index contributed by atoms with van der Waals surface area (Å²) in [5.41, 5.74) is 5.48. The van der Waals surface area contributed by atoms with Crippen molar-refractivity contribution in [2.24, 2.45) is 5.73 Å². The number of hydrogen-bond donors (Lipinski definition) is 3. The van der Waals surface area contributed by atoms with E-state index in [-0.39, 0.29) is 12.1 Å². The summed E-state index contributed by atoms with van der Waals surface area (Å²) in [5, 5.41) is 12.7. The summed E-state index contributed by atoms with van der Waals surface area (Å²) < 4.78 is 0. The molecule has 0 aliphatic carbocycles. The third kappa shape index (κ3) is 2.42. The largest absolute Gasteiger partial charge is 0.392 e. The van der Waals surface area contributed by atoms with Crippen molar-refractivity contribution in [3.8, 4) is 0 Å². The highest BCUT2D eigenvalue weighted by Gasteiger charge is 2.24. The summed E-state index contributed by atoms with van der Waals surface area (Å²) in [5.74, 6) is 0. The topological polar surface area (TPSA) is 61.5 Å². The first kappa shape index (κ1) is 9.92. The Balaban J connectivity index is 2.42. The number of hydrogen-bond acceptors (Lipinski definition) is 4. The molecule has 1 aliphatic rings. The number of nitrogens with one attached hydrogen (secondary N) is 1. The van der Waals surface area contributed by atoms with Crippen molar-refractivity contribution in [2.45, 2.75) is 19.1 Å². The summed E-state index contributed by atoms with van der Waals surface area (Å²) in [4.78, 5) is 2.25. The van der Waals surface area contributed by atoms with Crippen molar-refractivity contribution < 1.29 is 5.11 Å². The molecule has 1 rings (SSSR count). The average Bonchev–Trinajstić information content (AvgIpc) is 2.05. The SMILES string of the molecule is CC(O)C1CNCCN1CCN. The molecule has 4 nitrogen and oxygen atoms in total. The van der Waals surface area contributed by atoms with Gasteiger partial charge in [0, 0.05) is 38.8 Å². The highest BCUT2D eigenvalue weighted by Crippen LogP contribution is 2.06. The molecule has 0 radical (unpaired) electrons. The maximum absolute atomic E-state index is 9.45. The second-order valence-electron chi connectivity index (χ2n) is 3.34. The lowest BCUT2D eigenvalue weighted by Gasteiger charge is -2.37. The first-order valence-electron chi connectivity index (χ1n) is 4.58. The van der Waals surface area contributed by atoms with Crippen molar-refractivity contribution in [3.63, 3.8) is 0 Å². The van der Waals surface area contributed by atoms with Crippen LogP contribution in [0.25, 0.3) is 0 Å². The van der Waals surface area contributed by atoms with Gasteiger partial charge in [-0.2, -0.15) is 0 Å². The molecule has 0 amide bonds. The van der Waals surface area contributed by atoms with Crippen LogP contribution in [0.15, 0.2) is 0 Å². The zero-order chi connectivity index (χ0) is 8.97. The minimum Gasteiger partial charge on any atom is -0.392 e. The van der Waals surface area contributed by atoms with E-state index >= 15 is 0 Å². The van der Waals surface area contributed by atoms with Gasteiger partial charge >= 0.3 is 0 Å². The molecule has 4 N–H and O–H groups in total. The van der Waals surface area contributed by atoms with Crippen LogP contribution in [-0.4, -0.2) is 54.9 Å². The van der Waals surface area contributed by atoms with Gasteiger partial charge in [-0.25, -0.2) is 0 Å². The van der Waals surface area contributed by atoms with Crippen LogP contribution in [0.1, 0.15) is 6.92 Å². The van der Waals surface area contributed by atoms with Crippen LogP contribution in [0.4, 0.5) is 0 Å². The van der Waals surface area contributed by atoms with Gasteiger partial charge in [-0.05, 0) is 6.92 Å². The number of nitrogens with two attached hydrogens (primary N) is 1. The third-order valence-electron chi connectivity index (χ3n) is 2.37. The molecule has 0 aromatic rings. The lowest BCUT2D eigenvalue weighted by atomic mass is 10.1. The molecule has 0 spiro atoms. The predicted octanol–water partition coefficient (Wildman–Crippen LogP) is -1.40. The van der Waals surface area contributed by atoms with Gasteiger partial charge in [0.1, 0.15) is 0 Å². The van der Waals surface area contributed by atoms with Crippen LogP contribution >= 0.6 is 0 Å². The second-order valence-corrected chi connectivity index (χ2v) is 3.34. The van der Waals surface area contributed by atoms with E-state index in [1.807, 2.05) is 6.92 Å². The number of piperazine rings is 1. The van der Waals surface area contributed by atoms with E-state index in [4.69, 9.17) is 5.73 Å². The molecule has 12 heavy (non-hydrogen) atoms. The summed E-state index contributed by atoms with van der Waals surface area (Å²) in [6.07, 6.45) is -0.274. The number of aliphatic hydroxyl groups excluding tert-OH is 1. The summed E-state index contributed by atoms with van der Waals surface area (Å²) in [6, 6.07) is 0.238. The standard InChI is InChI=1S/C8H19N3O/c1-7(12)8-6-10-3-5-11(8)4-2-9/h7-8,10,12H,2-6,9H2,1H3. The zero-order valence-electron chi connectivity index (χ0n) is 7.66. The van der Waals surface area contributed by atoms with Crippen molar-refractivity contribution in [3.05, 3.63) is 0 Å². The molecule has 0 aromatic carbocycles. The van der Waals surface area contributed by atoms with Crippen LogP contribution in [0.5, 0.6) is 0 Å². The zero-order valence-corrected chi connectivity index (χ0v) is 7.66. The Morgan fingerprint density at radius 2 is 2.50 bits per heavy atom. The summed E-state index contributed by atoms with van der Waals surface area (Å²) in [6.45, 7) is 6.26. The van der Waals surface area contributed by atoms with E-state index in [1.54, 1.807) is 0 Å². The average molecular weight is 173 g/mol. The highest BCUT2D eigenvalue weighted by atomic mass is 16.3. The molecule has 4 heteroatoms. The van der Waals surface area contributed by atoms with Gasteiger partial charge in [0.25, 0.3) is 0 Å². The van der Waals surface area contributed by atoms with Gasteiger partial charge in [-0.1, -0.05) is 0 Å². The van der Waals surface area contributed by atoms with Crippen molar-refractivity contribution in [1.29, 1.82) is 0 Å². The molecule has 1 fully saturated rings. The Morgan fingerprint density at radius 3 is 3.08 bits per heavy atom. The van der Waals surface area contributed by atoms with Crippen molar-refractivity contribution in [2.75, 3.05) is 32.7 Å². The minimum absolute atomic E-state index is 0.238. The molecule has 2 atom stereocenters. The third-order valence-corrected chi connectivity index (χ3v) is 2.37. The minimum atomic E-state index is -0.274. The first-order chi connectivity index (χ1) is 5.75. The fourth-order valence-corrected chi connectivity index (χ4v) is 1.69. The van der Waals surface area contributed by atoms with Gasteiger partial charge in [-0.15, -0.1) is 0 Å². The molecular formula is C8H19N3O. The Morgan fingerprint density at radius 1 is 1.75 bits per heavy atom. The molecule has 1 saturated heterocycles. The fourth-order valence-electron chi connectivity index (χ4n) is 1.69. The number of aliphatic hydroxyl groups is 1. The number of nitrogens with zero attached hydrogens (tertiary/aromatic N) is 1. The Labute approximate surface area is 73.7 Å². The van der Waals surface area contributed by atoms with Gasteiger partial charge in [-0.3, -0.25) is 4.90 Å². The smallest absolute Gasteiger partial charge is 0.0679 e. The molecule has 2 unspecified atom stereocenters. The highest BCUT2D eigenvalue weighted by molar-refractivity contribution is 4.83. The normalized spacial score (nSPS) is 28.8. The molecular weight excluding hydrogens is 154 g/mol. The molecule has 0 aromatic heterocycles. The second kappa shape index (κ2) is 4.77. The molecule has 1 heterocycles. The van der Waals surface area contributed by atoms with Crippen molar-refractivity contribution in [1.82, 2.24) is 10.2 Å². The van der Waals surface area contributed by atoms with E-state index in [0.29, 0.717) is 6.54 Å². The lowest BCUT2D eigenvalue weighted by Crippen LogP contribution is -2.56. The van der Waals surface area contributed by atoms with E-state index in [0.717, 1.165) is 26.2 Å². The molecule has 0 bridgehead atoms. The van der Waals surface area contributed by atoms with E-state index in [9.17, 15) is 5.11 Å². The van der Waals surface area contributed by atoms with Gasteiger partial charge in [0.05, 0.1) is 6.10 Å². The Kier molecular flexibility index (Phi) is 3.94. The number of rotatable bonds is 3. The maximum Gasteiger partial charge on any atom is 0.0679 e. The van der Waals surface area contributed by atoms with Gasteiger partial charge < -0.3 is 16.2 Å². The van der Waals surface area contributed by atoms with Crippen LogP contribution in [0.3, 0.4) is 0 Å². The summed E-state index contributed by atoms with van der Waals surface area (Å²) in [7, 11) is 0. The molecule has 1 aliphatic heterocycles. The molecule has 72 valence electrons. The van der Waals surface area contributed by atoms with Crippen LogP contribution in [-0.2, 0) is 0 Å². The summed E-state index contributed by atoms with van der Waals surface area (Å²) >= 11 is 0. The van der Waals surface area contributed by atoms with E-state index in [1.165, 1.54) is 0 Å². The van der Waals surface area contributed by atoms with Crippen LogP contribution in [0, 0.1) is 0 Å². The molecule has 0 saturated carbocycles. The van der Waals surface area contributed by atoms with Crippen LogP contribution in [0.2, 0.25) is 0 Å². The fraction of sp³-hybridized carbons (Fsp3) is 1.00. The van der Waals surface area contributed by atoms with E-state index in [2.05, 4.69) is 10.2 Å².